The maximum atomic E-state index is 12.0. The summed E-state index contributed by atoms with van der Waals surface area (Å²) in [6.45, 7) is 4.76. The first kappa shape index (κ1) is 13.1. The molecule has 0 radical (unpaired) electrons. The molecule has 2 aliphatic heterocycles. The zero-order valence-electron chi connectivity index (χ0n) is 10.6. The normalized spacial score (nSPS) is 31.3. The molecule has 2 aliphatic rings. The van der Waals surface area contributed by atoms with E-state index in [9.17, 15) is 4.79 Å². The average Bonchev–Trinajstić information content (AvgIpc) is 2.76. The van der Waals surface area contributed by atoms with Crippen molar-refractivity contribution in [3.63, 3.8) is 0 Å². The highest BCUT2D eigenvalue weighted by Gasteiger charge is 2.43. The summed E-state index contributed by atoms with van der Waals surface area (Å²) in [5.41, 5.74) is -0.329. The zero-order valence-corrected chi connectivity index (χ0v) is 10.6. The van der Waals surface area contributed by atoms with E-state index in [0.717, 1.165) is 6.42 Å². The Kier molecular flexibility index (Phi) is 4.04. The minimum atomic E-state index is -0.329. The Morgan fingerprint density at radius 1 is 1.67 bits per heavy atom. The lowest BCUT2D eigenvalue weighted by molar-refractivity contribution is -0.136. The van der Waals surface area contributed by atoms with Crippen LogP contribution >= 0.6 is 0 Å². The van der Waals surface area contributed by atoms with Gasteiger partial charge in [0.2, 0.25) is 0 Å². The number of carbonyl (C=O) groups excluding carboxylic acids is 1. The van der Waals surface area contributed by atoms with Crippen LogP contribution < -0.4 is 5.32 Å². The van der Waals surface area contributed by atoms with E-state index in [4.69, 9.17) is 14.7 Å². The standard InChI is InChI=1S/C12H19N3O3/c1-10-7-15(11(16)14-5-2-4-13)8-12(18-10)3-6-17-9-12/h10H,2-3,5-9H2,1H3,(H,14,16)/t10-,12-/m0/s1. The van der Waals surface area contributed by atoms with Crippen LogP contribution in [0.25, 0.3) is 0 Å². The van der Waals surface area contributed by atoms with Gasteiger partial charge >= 0.3 is 6.03 Å². The van der Waals surface area contributed by atoms with Gasteiger partial charge in [0.1, 0.15) is 5.60 Å². The number of nitriles is 1. The molecule has 0 aromatic rings. The van der Waals surface area contributed by atoms with Crippen LogP contribution in [0.15, 0.2) is 0 Å². The van der Waals surface area contributed by atoms with Crippen molar-refractivity contribution in [1.29, 1.82) is 5.26 Å². The molecule has 2 heterocycles. The summed E-state index contributed by atoms with van der Waals surface area (Å²) >= 11 is 0. The largest absolute Gasteiger partial charge is 0.378 e. The number of carbonyl (C=O) groups is 1. The molecule has 2 rings (SSSR count). The molecule has 2 atom stereocenters. The molecule has 0 bridgehead atoms. The summed E-state index contributed by atoms with van der Waals surface area (Å²) in [5.74, 6) is 0. The van der Waals surface area contributed by atoms with Crippen LogP contribution in [0.4, 0.5) is 4.79 Å². The Balaban J connectivity index is 1.92. The number of hydrogen-bond donors (Lipinski definition) is 1. The van der Waals surface area contributed by atoms with E-state index in [-0.39, 0.29) is 17.7 Å². The maximum absolute atomic E-state index is 12.0. The van der Waals surface area contributed by atoms with Gasteiger partial charge in [-0.1, -0.05) is 0 Å². The summed E-state index contributed by atoms with van der Waals surface area (Å²) in [4.78, 5) is 13.7. The monoisotopic (exact) mass is 253 g/mol. The van der Waals surface area contributed by atoms with Crippen LogP contribution in [0.5, 0.6) is 0 Å². The minimum Gasteiger partial charge on any atom is -0.378 e. The molecule has 2 saturated heterocycles. The fourth-order valence-corrected chi connectivity index (χ4v) is 2.52. The van der Waals surface area contributed by atoms with E-state index >= 15 is 0 Å². The van der Waals surface area contributed by atoms with Gasteiger partial charge in [0.15, 0.2) is 0 Å². The first-order valence-corrected chi connectivity index (χ1v) is 6.30. The molecule has 18 heavy (non-hydrogen) atoms. The van der Waals surface area contributed by atoms with Gasteiger partial charge in [0.25, 0.3) is 0 Å². The second-order valence-corrected chi connectivity index (χ2v) is 4.93. The molecule has 0 unspecified atom stereocenters. The highest BCUT2D eigenvalue weighted by molar-refractivity contribution is 5.74. The molecule has 2 amide bonds. The third-order valence-electron chi connectivity index (χ3n) is 3.28. The third kappa shape index (κ3) is 2.92. The Morgan fingerprint density at radius 3 is 3.17 bits per heavy atom. The quantitative estimate of drug-likeness (QED) is 0.727. The van der Waals surface area contributed by atoms with E-state index in [1.165, 1.54) is 0 Å². The lowest BCUT2D eigenvalue weighted by Gasteiger charge is -2.42. The van der Waals surface area contributed by atoms with E-state index in [1.54, 1.807) is 4.90 Å². The number of ether oxygens (including phenoxy) is 2. The minimum absolute atomic E-state index is 0.0159. The predicted molar refractivity (Wildman–Crippen MR) is 63.9 cm³/mol. The number of nitrogens with one attached hydrogen (secondary N) is 1. The average molecular weight is 253 g/mol. The van der Waals surface area contributed by atoms with Crippen molar-refractivity contribution in [2.75, 3.05) is 32.8 Å². The van der Waals surface area contributed by atoms with Crippen LogP contribution in [-0.4, -0.2) is 55.5 Å². The van der Waals surface area contributed by atoms with Crippen molar-refractivity contribution in [2.45, 2.75) is 31.5 Å². The van der Waals surface area contributed by atoms with Crippen LogP contribution in [-0.2, 0) is 9.47 Å². The summed E-state index contributed by atoms with van der Waals surface area (Å²) in [6, 6.07) is 1.89. The molecule has 2 fully saturated rings. The SMILES string of the molecule is C[C@H]1CN(C(=O)NCCC#N)C[C@]2(CCOC2)O1. The first-order valence-electron chi connectivity index (χ1n) is 6.30. The number of rotatable bonds is 2. The molecule has 1 N–H and O–H groups in total. The van der Waals surface area contributed by atoms with Crippen LogP contribution in [0.3, 0.4) is 0 Å². The van der Waals surface area contributed by atoms with Gasteiger partial charge in [-0.15, -0.1) is 0 Å². The molecule has 6 nitrogen and oxygen atoms in total. The molecular formula is C12H19N3O3. The fourth-order valence-electron chi connectivity index (χ4n) is 2.52. The number of nitrogens with zero attached hydrogens (tertiary/aromatic N) is 2. The molecule has 0 saturated carbocycles. The number of hydrogen-bond acceptors (Lipinski definition) is 4. The van der Waals surface area contributed by atoms with Crippen LogP contribution in [0, 0.1) is 11.3 Å². The van der Waals surface area contributed by atoms with Gasteiger partial charge in [-0.05, 0) is 6.92 Å². The number of amides is 2. The topological polar surface area (TPSA) is 74.6 Å². The fraction of sp³-hybridized carbons (Fsp3) is 0.833. The smallest absolute Gasteiger partial charge is 0.317 e. The Hall–Kier alpha value is -1.32. The summed E-state index contributed by atoms with van der Waals surface area (Å²) in [5, 5.41) is 11.2. The molecule has 0 aromatic heterocycles. The molecular weight excluding hydrogens is 234 g/mol. The third-order valence-corrected chi connectivity index (χ3v) is 3.28. The van der Waals surface area contributed by atoms with Gasteiger partial charge in [-0.3, -0.25) is 0 Å². The van der Waals surface area contributed by atoms with Crippen molar-refractivity contribution < 1.29 is 14.3 Å². The molecule has 1 spiro atoms. The van der Waals surface area contributed by atoms with Gasteiger partial charge < -0.3 is 19.7 Å². The van der Waals surface area contributed by atoms with Crippen molar-refractivity contribution in [3.05, 3.63) is 0 Å². The van der Waals surface area contributed by atoms with Gasteiger partial charge in [0.05, 0.1) is 31.7 Å². The zero-order chi connectivity index (χ0) is 13.0. The lowest BCUT2D eigenvalue weighted by Crippen LogP contribution is -2.58. The van der Waals surface area contributed by atoms with E-state index < -0.39 is 0 Å². The Labute approximate surface area is 107 Å². The Morgan fingerprint density at radius 2 is 2.50 bits per heavy atom. The first-order chi connectivity index (χ1) is 8.65. The van der Waals surface area contributed by atoms with Gasteiger partial charge in [-0.2, -0.15) is 5.26 Å². The molecule has 0 aliphatic carbocycles. The summed E-state index contributed by atoms with van der Waals surface area (Å²) in [7, 11) is 0. The lowest BCUT2D eigenvalue weighted by atomic mass is 9.99. The number of morpholine rings is 1. The van der Waals surface area contributed by atoms with Crippen molar-refractivity contribution in [1.82, 2.24) is 10.2 Å². The Bertz CT molecular complexity index is 347. The van der Waals surface area contributed by atoms with Gasteiger partial charge in [0, 0.05) is 26.1 Å². The predicted octanol–water partition coefficient (Wildman–Crippen LogP) is 0.489. The van der Waals surface area contributed by atoms with E-state index in [1.807, 2.05) is 13.0 Å². The second kappa shape index (κ2) is 5.55. The van der Waals surface area contributed by atoms with Crippen molar-refractivity contribution in [2.24, 2.45) is 0 Å². The summed E-state index contributed by atoms with van der Waals surface area (Å²) < 4.78 is 11.3. The van der Waals surface area contributed by atoms with Crippen LogP contribution in [0.2, 0.25) is 0 Å². The maximum Gasteiger partial charge on any atom is 0.317 e. The number of urea groups is 1. The van der Waals surface area contributed by atoms with Crippen LogP contribution in [0.1, 0.15) is 19.8 Å². The highest BCUT2D eigenvalue weighted by Crippen LogP contribution is 2.29. The molecule has 6 heteroatoms. The second-order valence-electron chi connectivity index (χ2n) is 4.93. The summed E-state index contributed by atoms with van der Waals surface area (Å²) in [6.07, 6.45) is 1.18. The van der Waals surface area contributed by atoms with Gasteiger partial charge in [-0.25, -0.2) is 4.79 Å². The van der Waals surface area contributed by atoms with Crippen molar-refractivity contribution >= 4 is 6.03 Å². The van der Waals surface area contributed by atoms with E-state index in [0.29, 0.717) is 39.3 Å². The molecule has 0 aromatic carbocycles. The molecule has 100 valence electrons. The van der Waals surface area contributed by atoms with Crippen molar-refractivity contribution in [3.8, 4) is 6.07 Å². The van der Waals surface area contributed by atoms with E-state index in [2.05, 4.69) is 5.32 Å². The highest BCUT2D eigenvalue weighted by atomic mass is 16.6.